The molecule has 1 aromatic rings. The Labute approximate surface area is 111 Å². The third-order valence-electron chi connectivity index (χ3n) is 2.29. The highest BCUT2D eigenvalue weighted by Crippen LogP contribution is 2.35. The normalized spacial score (nSPS) is 10.2. The molecule has 102 valence electrons. The highest BCUT2D eigenvalue weighted by molar-refractivity contribution is 5.66. The fourth-order valence-electron chi connectivity index (χ4n) is 1.42. The number of benzene rings is 1. The Hall–Kier alpha value is -2.50. The highest BCUT2D eigenvalue weighted by atomic mass is 16.6. The molecule has 0 atom stereocenters. The molecule has 0 aliphatic carbocycles. The Morgan fingerprint density at radius 1 is 1.32 bits per heavy atom. The summed E-state index contributed by atoms with van der Waals surface area (Å²) in [5.74, 6) is 0.717. The van der Waals surface area contributed by atoms with E-state index in [4.69, 9.17) is 14.2 Å². The van der Waals surface area contributed by atoms with Crippen LogP contribution in [-0.2, 0) is 4.74 Å². The van der Waals surface area contributed by atoms with E-state index < -0.39 is 4.92 Å². The molecule has 0 saturated heterocycles. The molecule has 0 aromatic heterocycles. The lowest BCUT2D eigenvalue weighted by Gasteiger charge is -2.08. The topological polar surface area (TPSA) is 70.8 Å². The van der Waals surface area contributed by atoms with Gasteiger partial charge in [0.2, 0.25) is 0 Å². The van der Waals surface area contributed by atoms with Gasteiger partial charge in [-0.3, -0.25) is 10.1 Å². The molecule has 0 spiro atoms. The van der Waals surface area contributed by atoms with Gasteiger partial charge in [-0.05, 0) is 12.1 Å². The third-order valence-corrected chi connectivity index (χ3v) is 2.29. The predicted molar refractivity (Wildman–Crippen MR) is 71.4 cm³/mol. The SMILES string of the molecule is C=CCO/C=C/c1cc(OC)c(OC)cc1[N+](=O)[O-]. The van der Waals surface area contributed by atoms with Crippen LogP contribution in [-0.4, -0.2) is 25.7 Å². The van der Waals surface area contributed by atoms with E-state index in [0.29, 0.717) is 23.7 Å². The molecule has 1 aromatic carbocycles. The van der Waals surface area contributed by atoms with Crippen molar-refractivity contribution in [3.8, 4) is 11.5 Å². The molecule has 0 bridgehead atoms. The summed E-state index contributed by atoms with van der Waals surface area (Å²) in [7, 11) is 2.88. The van der Waals surface area contributed by atoms with Gasteiger partial charge in [-0.1, -0.05) is 12.7 Å². The minimum Gasteiger partial charge on any atom is -0.497 e. The Balaban J connectivity index is 3.16. The molecule has 0 heterocycles. The lowest BCUT2D eigenvalue weighted by molar-refractivity contribution is -0.385. The predicted octanol–water partition coefficient (Wildman–Crippen LogP) is 2.79. The molecule has 0 aliphatic rings. The lowest BCUT2D eigenvalue weighted by Crippen LogP contribution is -1.96. The van der Waals surface area contributed by atoms with Crippen molar-refractivity contribution < 1.29 is 19.1 Å². The van der Waals surface area contributed by atoms with Gasteiger partial charge in [0.1, 0.15) is 6.61 Å². The number of nitrogens with zero attached hydrogens (tertiary/aromatic N) is 1. The smallest absolute Gasteiger partial charge is 0.280 e. The van der Waals surface area contributed by atoms with Crippen LogP contribution >= 0.6 is 0 Å². The van der Waals surface area contributed by atoms with E-state index in [1.54, 1.807) is 6.08 Å². The number of hydrogen-bond donors (Lipinski definition) is 0. The van der Waals surface area contributed by atoms with Gasteiger partial charge < -0.3 is 14.2 Å². The summed E-state index contributed by atoms with van der Waals surface area (Å²) in [6.07, 6.45) is 4.44. The van der Waals surface area contributed by atoms with Crippen molar-refractivity contribution in [2.24, 2.45) is 0 Å². The molecule has 0 N–H and O–H groups in total. The van der Waals surface area contributed by atoms with Crippen LogP contribution in [0.4, 0.5) is 5.69 Å². The number of rotatable bonds is 7. The zero-order valence-electron chi connectivity index (χ0n) is 10.8. The monoisotopic (exact) mass is 265 g/mol. The Morgan fingerprint density at radius 3 is 2.47 bits per heavy atom. The van der Waals surface area contributed by atoms with Gasteiger partial charge in [0.15, 0.2) is 11.5 Å². The van der Waals surface area contributed by atoms with Gasteiger partial charge in [-0.2, -0.15) is 0 Å². The molecule has 0 radical (unpaired) electrons. The van der Waals surface area contributed by atoms with Crippen LogP contribution in [0.2, 0.25) is 0 Å². The molecular formula is C13H15NO5. The summed E-state index contributed by atoms with van der Waals surface area (Å²) in [5, 5.41) is 11.0. The Kier molecular flexibility index (Phi) is 5.40. The fraction of sp³-hybridized carbons (Fsp3) is 0.231. The van der Waals surface area contributed by atoms with E-state index in [1.807, 2.05) is 0 Å². The summed E-state index contributed by atoms with van der Waals surface area (Å²) in [4.78, 5) is 10.5. The second-order valence-electron chi connectivity index (χ2n) is 3.45. The minimum atomic E-state index is -0.491. The maximum atomic E-state index is 11.0. The summed E-state index contributed by atoms with van der Waals surface area (Å²) in [6, 6.07) is 2.83. The van der Waals surface area contributed by atoms with E-state index in [0.717, 1.165) is 0 Å². The number of nitro benzene ring substituents is 1. The Morgan fingerprint density at radius 2 is 1.95 bits per heavy atom. The maximum absolute atomic E-state index is 11.0. The van der Waals surface area contributed by atoms with Crippen LogP contribution in [0, 0.1) is 10.1 Å². The molecule has 0 amide bonds. The van der Waals surface area contributed by atoms with Crippen molar-refractivity contribution in [2.45, 2.75) is 0 Å². The average molecular weight is 265 g/mol. The lowest BCUT2D eigenvalue weighted by atomic mass is 10.1. The first-order chi connectivity index (χ1) is 9.13. The standard InChI is InChI=1S/C13H15NO5/c1-4-6-19-7-5-10-8-12(17-2)13(18-3)9-11(10)14(15)16/h4-5,7-9H,1,6H2,2-3H3/b7-5+. The van der Waals surface area contributed by atoms with E-state index in [1.165, 1.54) is 38.7 Å². The maximum Gasteiger partial charge on any atom is 0.280 e. The van der Waals surface area contributed by atoms with Crippen LogP contribution in [0.1, 0.15) is 5.56 Å². The molecule has 1 rings (SSSR count). The first-order valence-corrected chi connectivity index (χ1v) is 5.43. The Bertz CT molecular complexity index is 496. The molecule has 0 fully saturated rings. The number of nitro groups is 1. The molecule has 6 heteroatoms. The van der Waals surface area contributed by atoms with Crippen molar-refractivity contribution >= 4 is 11.8 Å². The summed E-state index contributed by atoms with van der Waals surface area (Å²) < 4.78 is 15.2. The van der Waals surface area contributed by atoms with Crippen LogP contribution in [0.3, 0.4) is 0 Å². The number of hydrogen-bond acceptors (Lipinski definition) is 5. The first-order valence-electron chi connectivity index (χ1n) is 5.43. The largest absolute Gasteiger partial charge is 0.497 e. The van der Waals surface area contributed by atoms with Crippen molar-refractivity contribution in [3.05, 3.63) is 46.7 Å². The number of methoxy groups -OCH3 is 2. The van der Waals surface area contributed by atoms with E-state index in [9.17, 15) is 10.1 Å². The molecule has 6 nitrogen and oxygen atoms in total. The summed E-state index contributed by atoms with van der Waals surface area (Å²) in [5.41, 5.74) is 0.280. The molecular weight excluding hydrogens is 250 g/mol. The van der Waals surface area contributed by atoms with Crippen molar-refractivity contribution in [1.29, 1.82) is 0 Å². The van der Waals surface area contributed by atoms with Crippen LogP contribution in [0.25, 0.3) is 6.08 Å². The van der Waals surface area contributed by atoms with Crippen LogP contribution in [0.5, 0.6) is 11.5 Å². The van der Waals surface area contributed by atoms with Gasteiger partial charge in [0.05, 0.1) is 37.0 Å². The quantitative estimate of drug-likeness (QED) is 0.249. The van der Waals surface area contributed by atoms with Gasteiger partial charge in [0.25, 0.3) is 5.69 Å². The van der Waals surface area contributed by atoms with Gasteiger partial charge in [0, 0.05) is 0 Å². The van der Waals surface area contributed by atoms with E-state index in [-0.39, 0.29) is 5.69 Å². The second-order valence-corrected chi connectivity index (χ2v) is 3.45. The van der Waals surface area contributed by atoms with Crippen molar-refractivity contribution in [3.63, 3.8) is 0 Å². The molecule has 0 aliphatic heterocycles. The highest BCUT2D eigenvalue weighted by Gasteiger charge is 2.17. The van der Waals surface area contributed by atoms with E-state index in [2.05, 4.69) is 6.58 Å². The molecule has 0 saturated carbocycles. The summed E-state index contributed by atoms with van der Waals surface area (Å²) in [6.45, 7) is 3.83. The zero-order valence-corrected chi connectivity index (χ0v) is 10.8. The summed E-state index contributed by atoms with van der Waals surface area (Å²) >= 11 is 0. The van der Waals surface area contributed by atoms with E-state index >= 15 is 0 Å². The second kappa shape index (κ2) is 7.05. The zero-order chi connectivity index (χ0) is 14.3. The first kappa shape index (κ1) is 14.6. The fourth-order valence-corrected chi connectivity index (χ4v) is 1.42. The number of ether oxygens (including phenoxy) is 3. The van der Waals surface area contributed by atoms with Crippen LogP contribution < -0.4 is 9.47 Å². The molecule has 0 unspecified atom stereocenters. The van der Waals surface area contributed by atoms with Crippen molar-refractivity contribution in [1.82, 2.24) is 0 Å². The minimum absolute atomic E-state index is 0.0869. The van der Waals surface area contributed by atoms with Gasteiger partial charge >= 0.3 is 0 Å². The van der Waals surface area contributed by atoms with Gasteiger partial charge in [-0.15, -0.1) is 0 Å². The average Bonchev–Trinajstić information content (AvgIpc) is 2.42. The van der Waals surface area contributed by atoms with Crippen LogP contribution in [0.15, 0.2) is 31.0 Å². The van der Waals surface area contributed by atoms with Crippen molar-refractivity contribution in [2.75, 3.05) is 20.8 Å². The molecule has 19 heavy (non-hydrogen) atoms. The van der Waals surface area contributed by atoms with Gasteiger partial charge in [-0.25, -0.2) is 0 Å². The third kappa shape index (κ3) is 3.74.